The number of alkyl halides is 2. The highest BCUT2D eigenvalue weighted by Gasteiger charge is 2.39. The van der Waals surface area contributed by atoms with Gasteiger partial charge < -0.3 is 10.2 Å². The summed E-state index contributed by atoms with van der Waals surface area (Å²) in [6, 6.07) is 6.13. The van der Waals surface area contributed by atoms with Gasteiger partial charge in [0.15, 0.2) is 0 Å². The Balaban J connectivity index is 1.52. The average molecular weight is 445 g/mol. The number of fused-ring (bicyclic) bond motifs is 1. The van der Waals surface area contributed by atoms with Gasteiger partial charge in [0.2, 0.25) is 11.8 Å². The van der Waals surface area contributed by atoms with Crippen molar-refractivity contribution in [2.45, 2.75) is 37.9 Å². The van der Waals surface area contributed by atoms with E-state index in [2.05, 4.69) is 10.6 Å². The fraction of sp³-hybridized carbons (Fsp3) is 0.273. The molecule has 2 heterocycles. The molecule has 7 nitrogen and oxygen atoms in total. The third kappa shape index (κ3) is 4.08. The van der Waals surface area contributed by atoms with E-state index >= 15 is 0 Å². The average Bonchev–Trinajstić information content (AvgIpc) is 3.08. The first-order valence-corrected chi connectivity index (χ1v) is 9.86. The summed E-state index contributed by atoms with van der Waals surface area (Å²) in [7, 11) is 0. The maximum absolute atomic E-state index is 13.5. The summed E-state index contributed by atoms with van der Waals surface area (Å²) in [5.74, 6) is -2.73. The van der Waals surface area contributed by atoms with Crippen molar-refractivity contribution in [2.75, 3.05) is 0 Å². The largest absolute Gasteiger partial charge is 0.339 e. The molecule has 1 saturated heterocycles. The van der Waals surface area contributed by atoms with Gasteiger partial charge in [0.1, 0.15) is 17.9 Å². The van der Waals surface area contributed by atoms with Crippen LogP contribution < -0.4 is 10.6 Å². The van der Waals surface area contributed by atoms with Gasteiger partial charge in [-0.2, -0.15) is 0 Å². The molecule has 4 amide bonds. The van der Waals surface area contributed by atoms with Crippen molar-refractivity contribution in [3.8, 4) is 0 Å². The summed E-state index contributed by atoms with van der Waals surface area (Å²) in [6.07, 6.45) is -2.61. The standard InChI is InChI=1S/C22H18F3N3O4/c23-14-4-1-11(2-5-14)18(19(24)25)27-20(30)12-3-6-15-13(9-12)10-28(22(15)32)16-7-8-17(29)26-21(16)31/h1-6,9,16,18-19H,7-8,10H2,(H,27,30)(H,26,29,31)/t16?,18-/m1/s1. The van der Waals surface area contributed by atoms with Crippen molar-refractivity contribution in [1.82, 2.24) is 15.5 Å². The SMILES string of the molecule is O=C1CCC(N2Cc3cc(C(=O)N[C@H](c4ccc(F)cc4)C(F)F)ccc3C2=O)C(=O)N1. The van der Waals surface area contributed by atoms with Crippen LogP contribution in [0.3, 0.4) is 0 Å². The molecular weight excluding hydrogens is 427 g/mol. The van der Waals surface area contributed by atoms with Gasteiger partial charge in [0, 0.05) is 24.1 Å². The Kier molecular flexibility index (Phi) is 5.68. The summed E-state index contributed by atoms with van der Waals surface area (Å²) >= 11 is 0. The first-order valence-electron chi connectivity index (χ1n) is 9.86. The molecule has 2 aromatic carbocycles. The number of hydrogen-bond donors (Lipinski definition) is 2. The maximum atomic E-state index is 13.5. The molecule has 2 aliphatic rings. The van der Waals surface area contributed by atoms with E-state index in [4.69, 9.17) is 0 Å². The molecule has 0 aliphatic carbocycles. The number of halogens is 3. The number of rotatable bonds is 5. The van der Waals surface area contributed by atoms with Crippen LogP contribution in [0.4, 0.5) is 13.2 Å². The topological polar surface area (TPSA) is 95.6 Å². The van der Waals surface area contributed by atoms with E-state index in [0.717, 1.165) is 12.1 Å². The molecule has 0 bridgehead atoms. The molecule has 2 aromatic rings. The Morgan fingerprint density at radius 3 is 2.47 bits per heavy atom. The fourth-order valence-electron chi connectivity index (χ4n) is 3.90. The van der Waals surface area contributed by atoms with Crippen LogP contribution in [-0.2, 0) is 16.1 Å². The number of carbonyl (C=O) groups is 4. The van der Waals surface area contributed by atoms with E-state index in [1.807, 2.05) is 0 Å². The lowest BCUT2D eigenvalue weighted by atomic mass is 10.0. The lowest BCUT2D eigenvalue weighted by molar-refractivity contribution is -0.136. The molecule has 2 aliphatic heterocycles. The second kappa shape index (κ2) is 8.45. The highest BCUT2D eigenvalue weighted by molar-refractivity contribution is 6.06. The molecule has 2 atom stereocenters. The number of amides is 4. The van der Waals surface area contributed by atoms with Crippen LogP contribution in [0.2, 0.25) is 0 Å². The molecule has 0 radical (unpaired) electrons. The zero-order valence-electron chi connectivity index (χ0n) is 16.6. The van der Waals surface area contributed by atoms with Crippen LogP contribution >= 0.6 is 0 Å². The third-order valence-corrected chi connectivity index (χ3v) is 5.55. The minimum Gasteiger partial charge on any atom is -0.339 e. The summed E-state index contributed by atoms with van der Waals surface area (Å²) in [5, 5.41) is 4.45. The number of nitrogens with zero attached hydrogens (tertiary/aromatic N) is 1. The monoisotopic (exact) mass is 445 g/mol. The first kappa shape index (κ1) is 21.5. The molecule has 1 unspecified atom stereocenters. The lowest BCUT2D eigenvalue weighted by Crippen LogP contribution is -2.52. The van der Waals surface area contributed by atoms with E-state index < -0.39 is 48.0 Å². The smallest absolute Gasteiger partial charge is 0.262 e. The molecule has 10 heteroatoms. The van der Waals surface area contributed by atoms with Gasteiger partial charge in [-0.15, -0.1) is 0 Å². The summed E-state index contributed by atoms with van der Waals surface area (Å²) in [5.41, 5.74) is 0.891. The Labute approximate surface area is 180 Å². The number of nitrogens with one attached hydrogen (secondary N) is 2. The second-order valence-electron chi connectivity index (χ2n) is 7.61. The number of imide groups is 1. The zero-order valence-corrected chi connectivity index (χ0v) is 16.6. The molecular formula is C22H18F3N3O4. The molecule has 1 fully saturated rings. The van der Waals surface area contributed by atoms with E-state index in [1.165, 1.54) is 35.2 Å². The molecule has 4 rings (SSSR count). The highest BCUT2D eigenvalue weighted by Crippen LogP contribution is 2.29. The van der Waals surface area contributed by atoms with E-state index in [-0.39, 0.29) is 30.5 Å². The predicted molar refractivity (Wildman–Crippen MR) is 105 cm³/mol. The highest BCUT2D eigenvalue weighted by atomic mass is 19.3. The summed E-state index contributed by atoms with van der Waals surface area (Å²) in [6.45, 7) is 0.0534. The Hall–Kier alpha value is -3.69. The van der Waals surface area contributed by atoms with Gasteiger partial charge in [-0.1, -0.05) is 12.1 Å². The summed E-state index contributed by atoms with van der Waals surface area (Å²) < 4.78 is 40.2. The van der Waals surface area contributed by atoms with Crippen molar-refractivity contribution in [1.29, 1.82) is 0 Å². The molecule has 2 N–H and O–H groups in total. The molecule has 166 valence electrons. The normalized spacial score (nSPS) is 19.1. The van der Waals surface area contributed by atoms with Gasteiger partial charge in [0.05, 0.1) is 0 Å². The Bertz CT molecular complexity index is 1100. The van der Waals surface area contributed by atoms with Crippen LogP contribution in [0, 0.1) is 5.82 Å². The predicted octanol–water partition coefficient (Wildman–Crippen LogP) is 2.32. The van der Waals surface area contributed by atoms with Crippen LogP contribution in [0.15, 0.2) is 42.5 Å². The van der Waals surface area contributed by atoms with Gasteiger partial charge in [-0.25, -0.2) is 13.2 Å². The maximum Gasteiger partial charge on any atom is 0.262 e. The third-order valence-electron chi connectivity index (χ3n) is 5.55. The Morgan fingerprint density at radius 2 is 1.81 bits per heavy atom. The first-order chi connectivity index (χ1) is 15.2. The van der Waals surface area contributed by atoms with Crippen LogP contribution in [0.1, 0.15) is 50.7 Å². The molecule has 0 saturated carbocycles. The second-order valence-corrected chi connectivity index (χ2v) is 7.61. The van der Waals surface area contributed by atoms with Crippen LogP contribution in [0.25, 0.3) is 0 Å². The number of hydrogen-bond acceptors (Lipinski definition) is 4. The van der Waals surface area contributed by atoms with Crippen molar-refractivity contribution >= 4 is 23.6 Å². The zero-order chi connectivity index (χ0) is 23.0. The quantitative estimate of drug-likeness (QED) is 0.691. The number of carbonyl (C=O) groups excluding carboxylic acids is 4. The van der Waals surface area contributed by atoms with E-state index in [0.29, 0.717) is 11.1 Å². The van der Waals surface area contributed by atoms with Crippen molar-refractivity contribution in [2.24, 2.45) is 0 Å². The molecule has 32 heavy (non-hydrogen) atoms. The fourth-order valence-corrected chi connectivity index (χ4v) is 3.90. The minimum atomic E-state index is -2.93. The summed E-state index contributed by atoms with van der Waals surface area (Å²) in [4.78, 5) is 50.2. The lowest BCUT2D eigenvalue weighted by Gasteiger charge is -2.29. The van der Waals surface area contributed by atoms with Crippen LogP contribution in [-0.4, -0.2) is 41.0 Å². The number of benzene rings is 2. The van der Waals surface area contributed by atoms with Gasteiger partial charge in [-0.3, -0.25) is 24.5 Å². The number of piperidine rings is 1. The molecule has 0 aromatic heterocycles. The van der Waals surface area contributed by atoms with Crippen molar-refractivity contribution in [3.63, 3.8) is 0 Å². The van der Waals surface area contributed by atoms with E-state index in [9.17, 15) is 32.3 Å². The van der Waals surface area contributed by atoms with Crippen LogP contribution in [0.5, 0.6) is 0 Å². The minimum absolute atomic E-state index is 0.0510. The van der Waals surface area contributed by atoms with Gasteiger partial charge in [0.25, 0.3) is 18.2 Å². The molecule has 0 spiro atoms. The van der Waals surface area contributed by atoms with Crippen molar-refractivity contribution in [3.05, 3.63) is 70.5 Å². The van der Waals surface area contributed by atoms with E-state index in [1.54, 1.807) is 0 Å². The van der Waals surface area contributed by atoms with Gasteiger partial charge in [-0.05, 0) is 47.9 Å². The Morgan fingerprint density at radius 1 is 1.09 bits per heavy atom. The van der Waals surface area contributed by atoms with Gasteiger partial charge >= 0.3 is 0 Å². The van der Waals surface area contributed by atoms with Crippen molar-refractivity contribution < 1.29 is 32.3 Å².